The standard InChI is InChI=1S/C5H7NO2/c1-2-7-5-3-6-8-4-5/h3-4H,2H2,1H3. The topological polar surface area (TPSA) is 35.3 Å². The molecule has 1 heterocycles. The summed E-state index contributed by atoms with van der Waals surface area (Å²) >= 11 is 0. The van der Waals surface area contributed by atoms with Crippen molar-refractivity contribution in [2.75, 3.05) is 6.61 Å². The molecule has 1 aromatic rings. The smallest absolute Gasteiger partial charge is 0.178 e. The monoisotopic (exact) mass is 113 g/mol. The van der Waals surface area contributed by atoms with E-state index in [0.29, 0.717) is 12.4 Å². The SMILES string of the molecule is CCOc1cnoc1. The van der Waals surface area contributed by atoms with Gasteiger partial charge < -0.3 is 9.26 Å². The van der Waals surface area contributed by atoms with Crippen LogP contribution >= 0.6 is 0 Å². The first kappa shape index (κ1) is 5.15. The minimum Gasteiger partial charge on any atom is -0.489 e. The van der Waals surface area contributed by atoms with Crippen molar-refractivity contribution < 1.29 is 9.26 Å². The van der Waals surface area contributed by atoms with Gasteiger partial charge in [-0.2, -0.15) is 0 Å². The fraction of sp³-hybridized carbons (Fsp3) is 0.400. The molecule has 0 spiro atoms. The summed E-state index contributed by atoms with van der Waals surface area (Å²) in [6, 6.07) is 0. The molecule has 0 N–H and O–H groups in total. The second kappa shape index (κ2) is 2.35. The lowest BCUT2D eigenvalue weighted by Gasteiger charge is -1.91. The Bertz CT molecular complexity index is 136. The number of hydrogen-bond donors (Lipinski definition) is 0. The van der Waals surface area contributed by atoms with Crippen LogP contribution in [0.3, 0.4) is 0 Å². The molecule has 0 atom stereocenters. The molecule has 0 fully saturated rings. The first-order chi connectivity index (χ1) is 3.93. The second-order valence-electron chi connectivity index (χ2n) is 1.29. The Balaban J connectivity index is 2.50. The predicted molar refractivity (Wildman–Crippen MR) is 27.7 cm³/mol. The lowest BCUT2D eigenvalue weighted by atomic mass is 10.7. The number of aromatic nitrogens is 1. The van der Waals surface area contributed by atoms with Gasteiger partial charge in [0.05, 0.1) is 6.61 Å². The summed E-state index contributed by atoms with van der Waals surface area (Å²) in [7, 11) is 0. The van der Waals surface area contributed by atoms with Crippen molar-refractivity contribution in [1.29, 1.82) is 0 Å². The summed E-state index contributed by atoms with van der Waals surface area (Å²) in [5.74, 6) is 0.688. The molecule has 0 amide bonds. The summed E-state index contributed by atoms with van der Waals surface area (Å²) in [4.78, 5) is 0. The Hall–Kier alpha value is -0.990. The van der Waals surface area contributed by atoms with E-state index in [0.717, 1.165) is 0 Å². The number of nitrogens with zero attached hydrogens (tertiary/aromatic N) is 1. The molecule has 3 nitrogen and oxygen atoms in total. The molecule has 0 saturated heterocycles. The van der Waals surface area contributed by atoms with Gasteiger partial charge in [-0.25, -0.2) is 0 Å². The molecule has 8 heavy (non-hydrogen) atoms. The molecule has 1 aromatic heterocycles. The molecule has 0 saturated carbocycles. The van der Waals surface area contributed by atoms with Crippen LogP contribution < -0.4 is 4.74 Å². The molecule has 0 unspecified atom stereocenters. The van der Waals surface area contributed by atoms with Crippen molar-refractivity contribution in [1.82, 2.24) is 5.16 Å². The summed E-state index contributed by atoms with van der Waals surface area (Å²) in [6.45, 7) is 2.56. The average Bonchev–Trinajstić information content (AvgIpc) is 2.19. The van der Waals surface area contributed by atoms with Crippen LogP contribution in [0.5, 0.6) is 5.75 Å². The van der Waals surface area contributed by atoms with Gasteiger partial charge in [0.15, 0.2) is 12.0 Å². The van der Waals surface area contributed by atoms with Crippen molar-refractivity contribution in [3.63, 3.8) is 0 Å². The van der Waals surface area contributed by atoms with E-state index in [1.807, 2.05) is 6.92 Å². The van der Waals surface area contributed by atoms with Crippen LogP contribution in [0.2, 0.25) is 0 Å². The van der Waals surface area contributed by atoms with E-state index in [4.69, 9.17) is 4.74 Å². The zero-order valence-electron chi connectivity index (χ0n) is 4.63. The van der Waals surface area contributed by atoms with Gasteiger partial charge in [-0.05, 0) is 6.92 Å². The highest BCUT2D eigenvalue weighted by atomic mass is 16.5. The average molecular weight is 113 g/mol. The molecular formula is C5H7NO2. The fourth-order valence-corrected chi connectivity index (χ4v) is 0.433. The van der Waals surface area contributed by atoms with Crippen LogP contribution in [-0.2, 0) is 0 Å². The normalized spacial score (nSPS) is 9.12. The minimum absolute atomic E-state index is 0.654. The van der Waals surface area contributed by atoms with Gasteiger partial charge >= 0.3 is 0 Å². The largest absolute Gasteiger partial charge is 0.489 e. The summed E-state index contributed by atoms with van der Waals surface area (Å²) in [5.41, 5.74) is 0. The quantitative estimate of drug-likeness (QED) is 0.575. The molecule has 0 radical (unpaired) electrons. The van der Waals surface area contributed by atoms with Crippen molar-refractivity contribution >= 4 is 0 Å². The third-order valence-corrected chi connectivity index (χ3v) is 0.721. The molecule has 0 aliphatic heterocycles. The Morgan fingerprint density at radius 1 is 1.88 bits per heavy atom. The molecule has 0 aliphatic carbocycles. The maximum Gasteiger partial charge on any atom is 0.178 e. The molecule has 0 bridgehead atoms. The Kier molecular flexibility index (Phi) is 1.51. The highest BCUT2D eigenvalue weighted by Crippen LogP contribution is 2.05. The van der Waals surface area contributed by atoms with Gasteiger partial charge in [0.2, 0.25) is 0 Å². The van der Waals surface area contributed by atoms with Crippen molar-refractivity contribution in [2.24, 2.45) is 0 Å². The van der Waals surface area contributed by atoms with Gasteiger partial charge in [-0.1, -0.05) is 5.16 Å². The number of ether oxygens (including phenoxy) is 1. The zero-order valence-corrected chi connectivity index (χ0v) is 4.63. The Morgan fingerprint density at radius 2 is 2.75 bits per heavy atom. The zero-order chi connectivity index (χ0) is 5.82. The van der Waals surface area contributed by atoms with Crippen molar-refractivity contribution in [3.8, 4) is 5.75 Å². The van der Waals surface area contributed by atoms with Crippen LogP contribution in [0.4, 0.5) is 0 Å². The minimum atomic E-state index is 0.654. The lowest BCUT2D eigenvalue weighted by Crippen LogP contribution is -1.87. The third kappa shape index (κ3) is 0.992. The van der Waals surface area contributed by atoms with E-state index < -0.39 is 0 Å². The number of hydrogen-bond acceptors (Lipinski definition) is 3. The van der Waals surface area contributed by atoms with Gasteiger partial charge in [-0.15, -0.1) is 0 Å². The van der Waals surface area contributed by atoms with Crippen LogP contribution in [0.1, 0.15) is 6.92 Å². The van der Waals surface area contributed by atoms with Crippen molar-refractivity contribution in [2.45, 2.75) is 6.92 Å². The van der Waals surface area contributed by atoms with E-state index >= 15 is 0 Å². The van der Waals surface area contributed by atoms with E-state index in [1.54, 1.807) is 0 Å². The van der Waals surface area contributed by atoms with E-state index in [-0.39, 0.29) is 0 Å². The summed E-state index contributed by atoms with van der Waals surface area (Å²) < 4.78 is 9.48. The number of rotatable bonds is 2. The maximum absolute atomic E-state index is 4.99. The lowest BCUT2D eigenvalue weighted by molar-refractivity contribution is 0.333. The molecule has 3 heteroatoms. The summed E-state index contributed by atoms with van der Waals surface area (Å²) in [6.07, 6.45) is 2.99. The molecular weight excluding hydrogens is 106 g/mol. The van der Waals surface area contributed by atoms with Crippen LogP contribution in [0, 0.1) is 0 Å². The highest BCUT2D eigenvalue weighted by Gasteiger charge is 1.89. The molecule has 1 rings (SSSR count). The van der Waals surface area contributed by atoms with Gasteiger partial charge in [0, 0.05) is 0 Å². The van der Waals surface area contributed by atoms with Crippen molar-refractivity contribution in [3.05, 3.63) is 12.5 Å². The Morgan fingerprint density at radius 3 is 3.25 bits per heavy atom. The van der Waals surface area contributed by atoms with Gasteiger partial charge in [0.25, 0.3) is 0 Å². The fourth-order valence-electron chi connectivity index (χ4n) is 0.433. The van der Waals surface area contributed by atoms with E-state index in [2.05, 4.69) is 9.68 Å². The van der Waals surface area contributed by atoms with E-state index in [9.17, 15) is 0 Å². The first-order valence-electron chi connectivity index (χ1n) is 2.45. The molecule has 44 valence electrons. The van der Waals surface area contributed by atoms with Crippen LogP contribution in [-0.4, -0.2) is 11.8 Å². The van der Waals surface area contributed by atoms with E-state index in [1.165, 1.54) is 12.5 Å². The highest BCUT2D eigenvalue weighted by molar-refractivity contribution is 5.07. The molecule has 0 aromatic carbocycles. The van der Waals surface area contributed by atoms with Gasteiger partial charge in [-0.3, -0.25) is 0 Å². The van der Waals surface area contributed by atoms with Crippen LogP contribution in [0.25, 0.3) is 0 Å². The second-order valence-corrected chi connectivity index (χ2v) is 1.29. The Labute approximate surface area is 47.2 Å². The summed E-state index contributed by atoms with van der Waals surface area (Å²) in [5, 5.41) is 3.44. The predicted octanol–water partition coefficient (Wildman–Crippen LogP) is 1.07. The first-order valence-corrected chi connectivity index (χ1v) is 2.45. The van der Waals surface area contributed by atoms with Gasteiger partial charge in [0.1, 0.15) is 6.20 Å². The third-order valence-electron chi connectivity index (χ3n) is 0.721. The maximum atomic E-state index is 4.99. The van der Waals surface area contributed by atoms with Crippen LogP contribution in [0.15, 0.2) is 17.0 Å². The molecule has 0 aliphatic rings.